The van der Waals surface area contributed by atoms with Crippen molar-refractivity contribution in [3.8, 4) is 12.3 Å². The standard InChI is InChI=1S/C9H17N/c1-5-9(6-2)10(7-3)8-4/h1,9H,6-8H2,2-4H3. The Morgan fingerprint density at radius 1 is 1.30 bits per heavy atom. The van der Waals surface area contributed by atoms with Gasteiger partial charge in [0.1, 0.15) is 0 Å². The van der Waals surface area contributed by atoms with Crippen LogP contribution in [-0.4, -0.2) is 24.0 Å². The Morgan fingerprint density at radius 3 is 1.90 bits per heavy atom. The molecule has 0 radical (unpaired) electrons. The molecule has 58 valence electrons. The van der Waals surface area contributed by atoms with Gasteiger partial charge in [-0.05, 0) is 19.5 Å². The molecule has 0 amide bonds. The van der Waals surface area contributed by atoms with Gasteiger partial charge in [-0.1, -0.05) is 26.7 Å². The molecule has 0 fully saturated rings. The van der Waals surface area contributed by atoms with Crippen molar-refractivity contribution in [2.75, 3.05) is 13.1 Å². The van der Waals surface area contributed by atoms with E-state index in [9.17, 15) is 0 Å². The summed E-state index contributed by atoms with van der Waals surface area (Å²) >= 11 is 0. The molecule has 0 aromatic heterocycles. The fraction of sp³-hybridized carbons (Fsp3) is 0.778. The average Bonchev–Trinajstić information content (AvgIpc) is 2.00. The minimum absolute atomic E-state index is 0.343. The molecule has 0 N–H and O–H groups in total. The summed E-state index contributed by atoms with van der Waals surface area (Å²) in [4.78, 5) is 2.29. The van der Waals surface area contributed by atoms with Gasteiger partial charge in [0.2, 0.25) is 0 Å². The first-order valence-corrected chi connectivity index (χ1v) is 4.00. The highest BCUT2D eigenvalue weighted by atomic mass is 15.1. The third kappa shape index (κ3) is 2.41. The Bertz CT molecular complexity index is 108. The van der Waals surface area contributed by atoms with E-state index in [4.69, 9.17) is 6.42 Å². The van der Waals surface area contributed by atoms with Gasteiger partial charge in [-0.2, -0.15) is 0 Å². The minimum Gasteiger partial charge on any atom is -0.290 e. The molecule has 0 rings (SSSR count). The van der Waals surface area contributed by atoms with Gasteiger partial charge in [-0.25, -0.2) is 0 Å². The summed E-state index contributed by atoms with van der Waals surface area (Å²) < 4.78 is 0. The van der Waals surface area contributed by atoms with Gasteiger partial charge in [0, 0.05) is 0 Å². The van der Waals surface area contributed by atoms with E-state index in [0.717, 1.165) is 19.5 Å². The van der Waals surface area contributed by atoms with E-state index in [1.807, 2.05) is 0 Å². The van der Waals surface area contributed by atoms with E-state index >= 15 is 0 Å². The first-order chi connectivity index (χ1) is 4.79. The SMILES string of the molecule is C#CC(CC)N(CC)CC. The molecule has 0 aliphatic carbocycles. The fourth-order valence-corrected chi connectivity index (χ4v) is 1.15. The van der Waals surface area contributed by atoms with Crippen molar-refractivity contribution in [1.29, 1.82) is 0 Å². The molecule has 1 unspecified atom stereocenters. The second-order valence-corrected chi connectivity index (χ2v) is 2.31. The van der Waals surface area contributed by atoms with Crippen LogP contribution in [0.2, 0.25) is 0 Å². The van der Waals surface area contributed by atoms with Crippen molar-refractivity contribution in [2.24, 2.45) is 0 Å². The van der Waals surface area contributed by atoms with Crippen molar-refractivity contribution in [3.63, 3.8) is 0 Å². The lowest BCUT2D eigenvalue weighted by Crippen LogP contribution is -2.33. The Hall–Kier alpha value is -0.480. The predicted molar refractivity (Wildman–Crippen MR) is 45.8 cm³/mol. The third-order valence-corrected chi connectivity index (χ3v) is 1.83. The normalized spacial score (nSPS) is 13.1. The van der Waals surface area contributed by atoms with Crippen molar-refractivity contribution in [2.45, 2.75) is 33.2 Å². The molecule has 0 aromatic carbocycles. The van der Waals surface area contributed by atoms with Gasteiger partial charge in [0.05, 0.1) is 6.04 Å². The number of hydrogen-bond acceptors (Lipinski definition) is 1. The summed E-state index contributed by atoms with van der Waals surface area (Å²) in [5.41, 5.74) is 0. The Kier molecular flexibility index (Phi) is 5.06. The zero-order valence-electron chi connectivity index (χ0n) is 7.22. The number of terminal acetylenes is 1. The van der Waals surface area contributed by atoms with E-state index in [-0.39, 0.29) is 0 Å². The molecule has 1 atom stereocenters. The molecule has 0 bridgehead atoms. The first-order valence-electron chi connectivity index (χ1n) is 4.00. The van der Waals surface area contributed by atoms with Crippen molar-refractivity contribution in [1.82, 2.24) is 4.90 Å². The largest absolute Gasteiger partial charge is 0.290 e. The van der Waals surface area contributed by atoms with E-state index < -0.39 is 0 Å². The lowest BCUT2D eigenvalue weighted by molar-refractivity contribution is 0.256. The Balaban J connectivity index is 3.85. The van der Waals surface area contributed by atoms with Gasteiger partial charge < -0.3 is 0 Å². The fourth-order valence-electron chi connectivity index (χ4n) is 1.15. The molecule has 0 aliphatic rings. The molecular formula is C9H17N. The van der Waals surface area contributed by atoms with Gasteiger partial charge >= 0.3 is 0 Å². The molecule has 0 heterocycles. The third-order valence-electron chi connectivity index (χ3n) is 1.83. The maximum Gasteiger partial charge on any atom is 0.0709 e. The van der Waals surface area contributed by atoms with Crippen LogP contribution in [0.4, 0.5) is 0 Å². The van der Waals surface area contributed by atoms with E-state index in [0.29, 0.717) is 6.04 Å². The highest BCUT2D eigenvalue weighted by Gasteiger charge is 2.08. The zero-order valence-corrected chi connectivity index (χ0v) is 7.22. The van der Waals surface area contributed by atoms with Crippen LogP contribution in [0.15, 0.2) is 0 Å². The summed E-state index contributed by atoms with van der Waals surface area (Å²) in [6, 6.07) is 0.343. The van der Waals surface area contributed by atoms with Crippen LogP contribution in [0.5, 0.6) is 0 Å². The van der Waals surface area contributed by atoms with Gasteiger partial charge in [-0.3, -0.25) is 4.90 Å². The van der Waals surface area contributed by atoms with Crippen LogP contribution in [-0.2, 0) is 0 Å². The molecule has 1 nitrogen and oxygen atoms in total. The molecule has 10 heavy (non-hydrogen) atoms. The number of rotatable bonds is 4. The summed E-state index contributed by atoms with van der Waals surface area (Å²) in [5.74, 6) is 2.78. The van der Waals surface area contributed by atoms with Crippen LogP contribution >= 0.6 is 0 Å². The van der Waals surface area contributed by atoms with Crippen LogP contribution in [0.3, 0.4) is 0 Å². The maximum absolute atomic E-state index is 5.34. The van der Waals surface area contributed by atoms with E-state index in [2.05, 4.69) is 31.6 Å². The zero-order chi connectivity index (χ0) is 7.98. The highest BCUT2D eigenvalue weighted by molar-refractivity contribution is 4.98. The van der Waals surface area contributed by atoms with Gasteiger partial charge in [0.25, 0.3) is 0 Å². The monoisotopic (exact) mass is 139 g/mol. The average molecular weight is 139 g/mol. The van der Waals surface area contributed by atoms with Crippen LogP contribution in [0.1, 0.15) is 27.2 Å². The number of nitrogens with zero attached hydrogens (tertiary/aromatic N) is 1. The second-order valence-electron chi connectivity index (χ2n) is 2.31. The van der Waals surface area contributed by atoms with Crippen molar-refractivity contribution in [3.05, 3.63) is 0 Å². The lowest BCUT2D eigenvalue weighted by atomic mass is 10.2. The van der Waals surface area contributed by atoms with Crippen LogP contribution < -0.4 is 0 Å². The van der Waals surface area contributed by atoms with Crippen LogP contribution in [0, 0.1) is 12.3 Å². The summed E-state index contributed by atoms with van der Waals surface area (Å²) in [6.07, 6.45) is 6.40. The molecule has 0 aromatic rings. The molecule has 0 saturated carbocycles. The molecule has 0 saturated heterocycles. The van der Waals surface area contributed by atoms with Crippen LogP contribution in [0.25, 0.3) is 0 Å². The maximum atomic E-state index is 5.34. The van der Waals surface area contributed by atoms with Crippen molar-refractivity contribution >= 4 is 0 Å². The van der Waals surface area contributed by atoms with Gasteiger partial charge in [0.15, 0.2) is 0 Å². The molecule has 0 spiro atoms. The minimum atomic E-state index is 0.343. The topological polar surface area (TPSA) is 3.24 Å². The second kappa shape index (κ2) is 5.32. The quantitative estimate of drug-likeness (QED) is 0.536. The van der Waals surface area contributed by atoms with Crippen molar-refractivity contribution < 1.29 is 0 Å². The Labute approximate surface area is 64.4 Å². The summed E-state index contributed by atoms with van der Waals surface area (Å²) in [6.45, 7) is 8.52. The highest BCUT2D eigenvalue weighted by Crippen LogP contribution is 2.00. The predicted octanol–water partition coefficient (Wildman–Crippen LogP) is 1.74. The van der Waals surface area contributed by atoms with E-state index in [1.54, 1.807) is 0 Å². The summed E-state index contributed by atoms with van der Waals surface area (Å²) in [5, 5.41) is 0. The summed E-state index contributed by atoms with van der Waals surface area (Å²) in [7, 11) is 0. The molecule has 1 heteroatoms. The lowest BCUT2D eigenvalue weighted by Gasteiger charge is -2.23. The smallest absolute Gasteiger partial charge is 0.0709 e. The number of hydrogen-bond donors (Lipinski definition) is 0. The molecular weight excluding hydrogens is 122 g/mol. The molecule has 0 aliphatic heterocycles. The Morgan fingerprint density at radius 2 is 1.80 bits per heavy atom. The first kappa shape index (κ1) is 9.52. The van der Waals surface area contributed by atoms with E-state index in [1.165, 1.54) is 0 Å². The van der Waals surface area contributed by atoms with Gasteiger partial charge in [-0.15, -0.1) is 6.42 Å².